The minimum absolute atomic E-state index is 0. The first-order valence-corrected chi connectivity index (χ1v) is 6.80. The van der Waals surface area contributed by atoms with Crippen LogP contribution in [0.25, 0.3) is 0 Å². The molecule has 0 atom stereocenters. The summed E-state index contributed by atoms with van der Waals surface area (Å²) in [4.78, 5) is 0. The highest BCUT2D eigenvalue weighted by molar-refractivity contribution is 7.86. The van der Waals surface area contributed by atoms with Gasteiger partial charge >= 0.3 is 0 Å². The summed E-state index contributed by atoms with van der Waals surface area (Å²) in [5, 5.41) is 5.10. The third kappa shape index (κ3) is 6.34. The van der Waals surface area contributed by atoms with Gasteiger partial charge in [0.15, 0.2) is 0 Å². The predicted octanol–water partition coefficient (Wildman–Crippen LogP) is 1.73. The van der Waals surface area contributed by atoms with Crippen LogP contribution in [0.15, 0.2) is 0 Å². The molecule has 0 amide bonds. The van der Waals surface area contributed by atoms with Gasteiger partial charge in [-0.1, -0.05) is 33.1 Å². The van der Waals surface area contributed by atoms with Crippen molar-refractivity contribution in [2.75, 3.05) is 13.1 Å². The molecule has 0 saturated heterocycles. The lowest BCUT2D eigenvalue weighted by atomic mass is 10.2. The molecule has 0 aliphatic heterocycles. The summed E-state index contributed by atoms with van der Waals surface area (Å²) in [5.74, 6) is 0. The van der Waals surface area contributed by atoms with Crippen molar-refractivity contribution in [1.29, 1.82) is 0 Å². The number of hydrogen-bond acceptors (Lipinski definition) is 2. The zero-order chi connectivity index (χ0) is 11.0. The molecule has 0 aromatic rings. The summed E-state index contributed by atoms with van der Waals surface area (Å²) >= 11 is 0. The quantitative estimate of drug-likeness (QED) is 0.638. The molecule has 88 valence electrons. The molecule has 0 rings (SSSR count). The van der Waals surface area contributed by atoms with Crippen LogP contribution in [-0.4, -0.2) is 25.8 Å². The minimum Gasteiger partial charge on any atom is -0.216 e. The van der Waals surface area contributed by atoms with E-state index in [9.17, 15) is 8.42 Å². The van der Waals surface area contributed by atoms with Crippen molar-refractivity contribution in [2.45, 2.75) is 46.0 Å². The van der Waals surface area contributed by atoms with Gasteiger partial charge < -0.3 is 0 Å². The molecule has 5 heteroatoms. The second-order valence-electron chi connectivity index (χ2n) is 3.50. The molecule has 0 unspecified atom stereocenters. The van der Waals surface area contributed by atoms with E-state index in [0.29, 0.717) is 13.1 Å². The number of nitrogens with zero attached hydrogens (tertiary/aromatic N) is 1. The topological polar surface area (TPSA) is 63.4 Å². The fourth-order valence-electron chi connectivity index (χ4n) is 1.24. The van der Waals surface area contributed by atoms with E-state index in [1.807, 2.05) is 6.92 Å². The van der Waals surface area contributed by atoms with E-state index in [4.69, 9.17) is 5.14 Å². The summed E-state index contributed by atoms with van der Waals surface area (Å²) < 4.78 is 23.7. The minimum atomic E-state index is -3.48. The number of nitrogens with two attached hydrogens (primary N) is 1. The Morgan fingerprint density at radius 3 is 2.00 bits per heavy atom. The van der Waals surface area contributed by atoms with E-state index in [0.717, 1.165) is 32.1 Å². The Labute approximate surface area is 89.1 Å². The predicted molar refractivity (Wildman–Crippen MR) is 61.2 cm³/mol. The summed E-state index contributed by atoms with van der Waals surface area (Å²) in [6, 6.07) is 0. The SMILES string of the molecule is CCCCCN(CCCC)S(N)(=O)=O.[HH]. The van der Waals surface area contributed by atoms with E-state index in [2.05, 4.69) is 6.92 Å². The van der Waals surface area contributed by atoms with Gasteiger partial charge in [0.2, 0.25) is 0 Å². The molecule has 0 aliphatic rings. The van der Waals surface area contributed by atoms with Crippen LogP contribution in [0, 0.1) is 0 Å². The highest BCUT2D eigenvalue weighted by Gasteiger charge is 2.15. The molecule has 0 saturated carbocycles. The molecule has 0 aliphatic carbocycles. The molecule has 2 N–H and O–H groups in total. The second kappa shape index (κ2) is 7.20. The van der Waals surface area contributed by atoms with E-state index in [-0.39, 0.29) is 1.43 Å². The van der Waals surface area contributed by atoms with Crippen LogP contribution in [0.1, 0.15) is 47.4 Å². The van der Waals surface area contributed by atoms with Crippen LogP contribution in [-0.2, 0) is 10.2 Å². The maximum absolute atomic E-state index is 11.1. The standard InChI is InChI=1S/C9H22N2O2S.H2/c1-3-5-7-9-11(8-6-4-2)14(10,12)13;/h3-9H2,1-2H3,(H2,10,12,13);1H. The smallest absolute Gasteiger partial charge is 0.216 e. The van der Waals surface area contributed by atoms with E-state index in [1.165, 1.54) is 4.31 Å². The van der Waals surface area contributed by atoms with Gasteiger partial charge in [-0.2, -0.15) is 12.7 Å². The first-order valence-electron chi connectivity index (χ1n) is 5.30. The molecule has 0 aromatic carbocycles. The van der Waals surface area contributed by atoms with E-state index < -0.39 is 10.2 Å². The summed E-state index contributed by atoms with van der Waals surface area (Å²) in [7, 11) is -3.48. The van der Waals surface area contributed by atoms with Crippen LogP contribution in [0.3, 0.4) is 0 Å². The largest absolute Gasteiger partial charge is 0.276 e. The van der Waals surface area contributed by atoms with Gasteiger partial charge in [0.1, 0.15) is 0 Å². The van der Waals surface area contributed by atoms with Crippen LogP contribution in [0.2, 0.25) is 0 Å². The lowest BCUT2D eigenvalue weighted by molar-refractivity contribution is 0.392. The molecule has 0 fully saturated rings. The first-order chi connectivity index (χ1) is 6.52. The van der Waals surface area contributed by atoms with Gasteiger partial charge in [0, 0.05) is 14.5 Å². The maximum atomic E-state index is 11.1. The van der Waals surface area contributed by atoms with E-state index in [1.54, 1.807) is 0 Å². The van der Waals surface area contributed by atoms with Gasteiger partial charge in [0.25, 0.3) is 10.2 Å². The molecular weight excluding hydrogens is 200 g/mol. The van der Waals surface area contributed by atoms with Crippen molar-refractivity contribution in [3.8, 4) is 0 Å². The summed E-state index contributed by atoms with van der Waals surface area (Å²) in [5.41, 5.74) is 0. The highest BCUT2D eigenvalue weighted by atomic mass is 32.2. The number of unbranched alkanes of at least 4 members (excludes halogenated alkanes) is 3. The van der Waals surface area contributed by atoms with Gasteiger partial charge in [-0.15, -0.1) is 0 Å². The zero-order valence-electron chi connectivity index (χ0n) is 9.20. The van der Waals surface area contributed by atoms with Gasteiger partial charge in [-0.3, -0.25) is 0 Å². The normalized spacial score (nSPS) is 12.3. The second-order valence-corrected chi connectivity index (χ2v) is 5.05. The molecular formula is C9H24N2O2S. The van der Waals surface area contributed by atoms with Gasteiger partial charge in [0.05, 0.1) is 0 Å². The molecule has 0 radical (unpaired) electrons. The first kappa shape index (κ1) is 13.9. The number of rotatable bonds is 8. The molecule has 0 spiro atoms. The fraction of sp³-hybridized carbons (Fsp3) is 1.00. The summed E-state index contributed by atoms with van der Waals surface area (Å²) in [6.07, 6.45) is 4.91. The maximum Gasteiger partial charge on any atom is 0.276 e. The molecule has 4 nitrogen and oxygen atoms in total. The Bertz CT molecular complexity index is 232. The third-order valence-electron chi connectivity index (χ3n) is 2.13. The summed E-state index contributed by atoms with van der Waals surface area (Å²) in [6.45, 7) is 5.24. The molecule has 0 bridgehead atoms. The monoisotopic (exact) mass is 224 g/mol. The Hall–Kier alpha value is -0.130. The van der Waals surface area contributed by atoms with Crippen molar-refractivity contribution in [1.82, 2.24) is 4.31 Å². The molecule has 14 heavy (non-hydrogen) atoms. The van der Waals surface area contributed by atoms with E-state index >= 15 is 0 Å². The lowest BCUT2D eigenvalue weighted by Gasteiger charge is -2.18. The Balaban J connectivity index is 0. The van der Waals surface area contributed by atoms with Crippen molar-refractivity contribution in [3.63, 3.8) is 0 Å². The van der Waals surface area contributed by atoms with Gasteiger partial charge in [-0.05, 0) is 12.8 Å². The average Bonchev–Trinajstić information content (AvgIpc) is 2.09. The van der Waals surface area contributed by atoms with Crippen molar-refractivity contribution in [3.05, 3.63) is 0 Å². The van der Waals surface area contributed by atoms with Crippen LogP contribution < -0.4 is 5.14 Å². The fourth-order valence-corrected chi connectivity index (χ4v) is 2.01. The Kier molecular flexibility index (Phi) is 7.13. The van der Waals surface area contributed by atoms with Crippen LogP contribution >= 0.6 is 0 Å². The Morgan fingerprint density at radius 1 is 1.07 bits per heavy atom. The Morgan fingerprint density at radius 2 is 1.57 bits per heavy atom. The van der Waals surface area contributed by atoms with Crippen molar-refractivity contribution >= 4 is 10.2 Å². The average molecular weight is 224 g/mol. The number of hydrogen-bond donors (Lipinski definition) is 1. The van der Waals surface area contributed by atoms with Crippen LogP contribution in [0.4, 0.5) is 0 Å². The molecule has 0 aromatic heterocycles. The lowest BCUT2D eigenvalue weighted by Crippen LogP contribution is -2.38. The van der Waals surface area contributed by atoms with Gasteiger partial charge in [-0.25, -0.2) is 5.14 Å². The van der Waals surface area contributed by atoms with Crippen LogP contribution in [0.5, 0.6) is 0 Å². The van der Waals surface area contributed by atoms with Crippen molar-refractivity contribution in [2.24, 2.45) is 5.14 Å². The molecule has 0 heterocycles. The van der Waals surface area contributed by atoms with Crippen molar-refractivity contribution < 1.29 is 9.84 Å². The zero-order valence-corrected chi connectivity index (χ0v) is 10.0. The highest BCUT2D eigenvalue weighted by Crippen LogP contribution is 2.03. The third-order valence-corrected chi connectivity index (χ3v) is 3.22.